The van der Waals surface area contributed by atoms with Crippen LogP contribution in [0.15, 0.2) is 18.2 Å². The predicted octanol–water partition coefficient (Wildman–Crippen LogP) is 2.05. The molecule has 110 valence electrons. The summed E-state index contributed by atoms with van der Waals surface area (Å²) >= 11 is 0. The number of hydrogen-bond donors (Lipinski definition) is 2. The van der Waals surface area contributed by atoms with Crippen molar-refractivity contribution in [1.82, 2.24) is 0 Å². The lowest BCUT2D eigenvalue weighted by atomic mass is 10.1. The average molecular weight is 278 g/mol. The highest BCUT2D eigenvalue weighted by molar-refractivity contribution is 5.92. The first-order valence-corrected chi connectivity index (χ1v) is 7.01. The molecule has 1 aliphatic heterocycles. The highest BCUT2D eigenvalue weighted by Gasteiger charge is 2.18. The Morgan fingerprint density at radius 1 is 1.50 bits per heavy atom. The normalized spacial score (nSPS) is 18.6. The molecule has 1 saturated heterocycles. The van der Waals surface area contributed by atoms with Gasteiger partial charge in [0.1, 0.15) is 5.75 Å². The van der Waals surface area contributed by atoms with Crippen molar-refractivity contribution in [3.8, 4) is 5.75 Å². The largest absolute Gasteiger partial charge is 0.495 e. The third-order valence-corrected chi connectivity index (χ3v) is 3.46. The average Bonchev–Trinajstić information content (AvgIpc) is 2.48. The molecule has 1 unspecified atom stereocenters. The molecule has 0 aromatic heterocycles. The van der Waals surface area contributed by atoms with Crippen LogP contribution in [0.5, 0.6) is 5.75 Å². The van der Waals surface area contributed by atoms with Gasteiger partial charge in [-0.2, -0.15) is 0 Å². The molecule has 1 heterocycles. The first-order valence-electron chi connectivity index (χ1n) is 7.01. The number of nitrogens with two attached hydrogens (primary N) is 1. The summed E-state index contributed by atoms with van der Waals surface area (Å²) in [5.74, 6) is 0.585. The van der Waals surface area contributed by atoms with Gasteiger partial charge in [-0.3, -0.25) is 4.79 Å². The number of nitrogens with one attached hydrogen (secondary N) is 1. The number of anilines is 1. The standard InChI is InChI=1S/C15H22N2O3/c1-19-14-8-11(10-16)5-6-13(14)17-15(18)9-12-4-2-3-7-20-12/h5-6,8,12H,2-4,7,9-10,16H2,1H3,(H,17,18). The maximum absolute atomic E-state index is 12.0. The summed E-state index contributed by atoms with van der Waals surface area (Å²) in [7, 11) is 1.58. The van der Waals surface area contributed by atoms with Gasteiger partial charge in [0.15, 0.2) is 0 Å². The molecule has 5 nitrogen and oxygen atoms in total. The van der Waals surface area contributed by atoms with Crippen molar-refractivity contribution in [2.75, 3.05) is 19.0 Å². The zero-order valence-corrected chi connectivity index (χ0v) is 11.9. The number of benzene rings is 1. The molecule has 20 heavy (non-hydrogen) atoms. The Morgan fingerprint density at radius 3 is 3.00 bits per heavy atom. The van der Waals surface area contributed by atoms with E-state index in [-0.39, 0.29) is 12.0 Å². The van der Waals surface area contributed by atoms with Crippen molar-refractivity contribution in [1.29, 1.82) is 0 Å². The highest BCUT2D eigenvalue weighted by Crippen LogP contribution is 2.26. The summed E-state index contributed by atoms with van der Waals surface area (Å²) in [6.07, 6.45) is 3.61. The van der Waals surface area contributed by atoms with Crippen LogP contribution in [0.25, 0.3) is 0 Å². The molecule has 0 saturated carbocycles. The lowest BCUT2D eigenvalue weighted by Gasteiger charge is -2.22. The fourth-order valence-corrected chi connectivity index (χ4v) is 2.34. The van der Waals surface area contributed by atoms with Crippen molar-refractivity contribution in [2.24, 2.45) is 5.73 Å². The number of hydrogen-bond acceptors (Lipinski definition) is 4. The molecule has 1 aromatic rings. The number of methoxy groups -OCH3 is 1. The van der Waals surface area contributed by atoms with Crippen LogP contribution in [-0.2, 0) is 16.1 Å². The van der Waals surface area contributed by atoms with Crippen molar-refractivity contribution in [3.05, 3.63) is 23.8 Å². The molecule has 5 heteroatoms. The maximum atomic E-state index is 12.0. The van der Waals surface area contributed by atoms with Crippen LogP contribution in [0.3, 0.4) is 0 Å². The summed E-state index contributed by atoms with van der Waals surface area (Å²) in [5, 5.41) is 2.88. The Hall–Kier alpha value is -1.59. The van der Waals surface area contributed by atoms with E-state index in [0.717, 1.165) is 31.4 Å². The Balaban J connectivity index is 1.96. The van der Waals surface area contributed by atoms with Gasteiger partial charge < -0.3 is 20.5 Å². The molecule has 0 spiro atoms. The van der Waals surface area contributed by atoms with E-state index < -0.39 is 0 Å². The molecule has 0 aliphatic carbocycles. The topological polar surface area (TPSA) is 73.6 Å². The van der Waals surface area contributed by atoms with Gasteiger partial charge in [-0.05, 0) is 37.0 Å². The van der Waals surface area contributed by atoms with Gasteiger partial charge in [-0.1, -0.05) is 6.07 Å². The fourth-order valence-electron chi connectivity index (χ4n) is 2.34. The van der Waals surface area contributed by atoms with E-state index in [1.165, 1.54) is 0 Å². The van der Waals surface area contributed by atoms with Gasteiger partial charge >= 0.3 is 0 Å². The second-order valence-electron chi connectivity index (χ2n) is 4.98. The molecule has 2 rings (SSSR count). The summed E-state index contributed by atoms with van der Waals surface area (Å²) in [6, 6.07) is 5.54. The predicted molar refractivity (Wildman–Crippen MR) is 77.7 cm³/mol. The minimum atomic E-state index is -0.0456. The van der Waals surface area contributed by atoms with Gasteiger partial charge in [0.25, 0.3) is 0 Å². The van der Waals surface area contributed by atoms with Crippen LogP contribution in [-0.4, -0.2) is 25.7 Å². The van der Waals surface area contributed by atoms with E-state index >= 15 is 0 Å². The van der Waals surface area contributed by atoms with Crippen LogP contribution < -0.4 is 15.8 Å². The zero-order chi connectivity index (χ0) is 14.4. The number of ether oxygens (including phenoxy) is 2. The zero-order valence-electron chi connectivity index (χ0n) is 11.9. The quantitative estimate of drug-likeness (QED) is 0.864. The van der Waals surface area contributed by atoms with E-state index in [0.29, 0.717) is 24.4 Å². The van der Waals surface area contributed by atoms with Gasteiger partial charge in [-0.25, -0.2) is 0 Å². The van der Waals surface area contributed by atoms with E-state index in [1.807, 2.05) is 18.2 Å². The molecular weight excluding hydrogens is 256 g/mol. The Kier molecular flexibility index (Phi) is 5.38. The molecule has 3 N–H and O–H groups in total. The highest BCUT2D eigenvalue weighted by atomic mass is 16.5. The van der Waals surface area contributed by atoms with Crippen LogP contribution >= 0.6 is 0 Å². The second kappa shape index (κ2) is 7.26. The fraction of sp³-hybridized carbons (Fsp3) is 0.533. The Labute approximate surface area is 119 Å². The van der Waals surface area contributed by atoms with Crippen molar-refractivity contribution in [3.63, 3.8) is 0 Å². The van der Waals surface area contributed by atoms with Crippen LogP contribution in [0.2, 0.25) is 0 Å². The maximum Gasteiger partial charge on any atom is 0.227 e. The molecular formula is C15H22N2O3. The molecule has 0 bridgehead atoms. The van der Waals surface area contributed by atoms with E-state index in [2.05, 4.69) is 5.32 Å². The van der Waals surface area contributed by atoms with Crippen LogP contribution in [0, 0.1) is 0 Å². The summed E-state index contributed by atoms with van der Waals surface area (Å²) in [4.78, 5) is 12.0. The second-order valence-corrected chi connectivity index (χ2v) is 4.98. The number of carbonyl (C=O) groups is 1. The first-order chi connectivity index (χ1) is 9.72. The third-order valence-electron chi connectivity index (χ3n) is 3.46. The van der Waals surface area contributed by atoms with Crippen molar-refractivity contribution < 1.29 is 14.3 Å². The molecule has 1 atom stereocenters. The SMILES string of the molecule is COc1cc(CN)ccc1NC(=O)CC1CCCCO1. The van der Waals surface area contributed by atoms with Crippen LogP contribution in [0.4, 0.5) is 5.69 Å². The first kappa shape index (κ1) is 14.8. The molecule has 1 aromatic carbocycles. The minimum absolute atomic E-state index is 0.0399. The van der Waals surface area contributed by atoms with Crippen molar-refractivity contribution >= 4 is 11.6 Å². The lowest BCUT2D eigenvalue weighted by Crippen LogP contribution is -2.25. The summed E-state index contributed by atoms with van der Waals surface area (Å²) in [5.41, 5.74) is 7.23. The Morgan fingerprint density at radius 2 is 2.35 bits per heavy atom. The van der Waals surface area contributed by atoms with E-state index in [1.54, 1.807) is 7.11 Å². The van der Waals surface area contributed by atoms with Crippen LogP contribution in [0.1, 0.15) is 31.2 Å². The van der Waals surface area contributed by atoms with Gasteiger partial charge in [0, 0.05) is 13.2 Å². The summed E-state index contributed by atoms with van der Waals surface area (Å²) in [6.45, 7) is 1.20. The van der Waals surface area contributed by atoms with Gasteiger partial charge in [-0.15, -0.1) is 0 Å². The van der Waals surface area contributed by atoms with E-state index in [9.17, 15) is 4.79 Å². The van der Waals surface area contributed by atoms with Gasteiger partial charge in [0.2, 0.25) is 5.91 Å². The number of amides is 1. The number of rotatable bonds is 5. The van der Waals surface area contributed by atoms with E-state index in [4.69, 9.17) is 15.2 Å². The van der Waals surface area contributed by atoms with Gasteiger partial charge in [0.05, 0.1) is 25.3 Å². The summed E-state index contributed by atoms with van der Waals surface area (Å²) < 4.78 is 10.8. The minimum Gasteiger partial charge on any atom is -0.495 e. The Bertz CT molecular complexity index is 456. The molecule has 1 fully saturated rings. The molecule has 0 radical (unpaired) electrons. The molecule has 1 amide bonds. The van der Waals surface area contributed by atoms with Crippen molar-refractivity contribution in [2.45, 2.75) is 38.3 Å². The molecule has 1 aliphatic rings. The smallest absolute Gasteiger partial charge is 0.227 e. The monoisotopic (exact) mass is 278 g/mol. The number of carbonyl (C=O) groups excluding carboxylic acids is 1. The lowest BCUT2D eigenvalue weighted by molar-refractivity contribution is -0.119. The third kappa shape index (κ3) is 3.95.